The summed E-state index contributed by atoms with van der Waals surface area (Å²) < 4.78 is 13.3. The second-order valence-electron chi connectivity index (χ2n) is 3.49. The molecule has 1 rings (SSSR count). The summed E-state index contributed by atoms with van der Waals surface area (Å²) in [5.41, 5.74) is 0.412. The monoisotopic (exact) mass is 215 g/mol. The number of anilines is 1. The van der Waals surface area contributed by atoms with Crippen molar-refractivity contribution in [3.8, 4) is 0 Å². The standard InChI is InChI=1S/C11H15ClFN/c1-3-8(2)7-14-11-9(12)5-4-6-10(11)13/h4-6,8,14H,3,7H2,1-2H3. The van der Waals surface area contributed by atoms with E-state index in [-0.39, 0.29) is 5.82 Å². The lowest BCUT2D eigenvalue weighted by atomic mass is 10.1. The molecule has 1 N–H and O–H groups in total. The number of halogens is 2. The number of hydrogen-bond acceptors (Lipinski definition) is 1. The predicted octanol–water partition coefficient (Wildman–Crippen LogP) is 3.94. The van der Waals surface area contributed by atoms with Crippen LogP contribution in [0.15, 0.2) is 18.2 Å². The molecule has 3 heteroatoms. The van der Waals surface area contributed by atoms with Crippen molar-refractivity contribution in [2.45, 2.75) is 20.3 Å². The average Bonchev–Trinajstić information content (AvgIpc) is 2.16. The number of rotatable bonds is 4. The van der Waals surface area contributed by atoms with E-state index in [1.165, 1.54) is 6.07 Å². The molecule has 14 heavy (non-hydrogen) atoms. The molecule has 78 valence electrons. The van der Waals surface area contributed by atoms with Crippen LogP contribution in [0.3, 0.4) is 0 Å². The summed E-state index contributed by atoms with van der Waals surface area (Å²) in [6, 6.07) is 4.69. The summed E-state index contributed by atoms with van der Waals surface area (Å²) in [5.74, 6) is 0.228. The minimum Gasteiger partial charge on any atom is -0.381 e. The molecule has 1 atom stereocenters. The van der Waals surface area contributed by atoms with Gasteiger partial charge in [0, 0.05) is 6.54 Å². The lowest BCUT2D eigenvalue weighted by molar-refractivity contribution is 0.585. The van der Waals surface area contributed by atoms with Crippen LogP contribution >= 0.6 is 11.6 Å². The molecule has 1 nitrogen and oxygen atoms in total. The van der Waals surface area contributed by atoms with E-state index in [1.807, 2.05) is 0 Å². The van der Waals surface area contributed by atoms with E-state index in [2.05, 4.69) is 19.2 Å². The van der Waals surface area contributed by atoms with Crippen molar-refractivity contribution in [2.75, 3.05) is 11.9 Å². The van der Waals surface area contributed by atoms with Gasteiger partial charge in [0.05, 0.1) is 10.7 Å². The van der Waals surface area contributed by atoms with Gasteiger partial charge in [0.15, 0.2) is 0 Å². The van der Waals surface area contributed by atoms with Crippen molar-refractivity contribution in [3.63, 3.8) is 0 Å². The summed E-state index contributed by atoms with van der Waals surface area (Å²) in [6.45, 7) is 4.97. The molecule has 0 aliphatic rings. The van der Waals surface area contributed by atoms with Crippen LogP contribution < -0.4 is 5.32 Å². The van der Waals surface area contributed by atoms with Crippen molar-refractivity contribution >= 4 is 17.3 Å². The van der Waals surface area contributed by atoms with Crippen LogP contribution in [0.2, 0.25) is 5.02 Å². The number of benzene rings is 1. The van der Waals surface area contributed by atoms with Crippen molar-refractivity contribution in [1.29, 1.82) is 0 Å². The van der Waals surface area contributed by atoms with Gasteiger partial charge in [-0.2, -0.15) is 0 Å². The van der Waals surface area contributed by atoms with Gasteiger partial charge in [-0.25, -0.2) is 4.39 Å². The summed E-state index contributed by atoms with van der Waals surface area (Å²) in [7, 11) is 0. The Morgan fingerprint density at radius 1 is 1.50 bits per heavy atom. The molecule has 0 aromatic heterocycles. The van der Waals surface area contributed by atoms with Crippen LogP contribution in [-0.2, 0) is 0 Å². The molecule has 1 aromatic carbocycles. The molecule has 1 aromatic rings. The predicted molar refractivity (Wildman–Crippen MR) is 59.4 cm³/mol. The maximum Gasteiger partial charge on any atom is 0.147 e. The van der Waals surface area contributed by atoms with Crippen molar-refractivity contribution in [3.05, 3.63) is 29.0 Å². The fraction of sp³-hybridized carbons (Fsp3) is 0.455. The van der Waals surface area contributed by atoms with Gasteiger partial charge in [-0.15, -0.1) is 0 Å². The van der Waals surface area contributed by atoms with Gasteiger partial charge >= 0.3 is 0 Å². The van der Waals surface area contributed by atoms with E-state index in [9.17, 15) is 4.39 Å². The van der Waals surface area contributed by atoms with E-state index in [0.29, 0.717) is 16.6 Å². The number of hydrogen-bond donors (Lipinski definition) is 1. The van der Waals surface area contributed by atoms with Gasteiger partial charge in [0.2, 0.25) is 0 Å². The summed E-state index contributed by atoms with van der Waals surface area (Å²) in [4.78, 5) is 0. The number of para-hydroxylation sites is 1. The lowest BCUT2D eigenvalue weighted by Crippen LogP contribution is -2.11. The molecular formula is C11H15ClFN. The van der Waals surface area contributed by atoms with Crippen LogP contribution in [0.25, 0.3) is 0 Å². The largest absolute Gasteiger partial charge is 0.381 e. The third-order valence-corrected chi connectivity index (χ3v) is 2.60. The lowest BCUT2D eigenvalue weighted by Gasteiger charge is -2.13. The molecule has 0 amide bonds. The Labute approximate surface area is 89.3 Å². The Kier molecular flexibility index (Phi) is 4.21. The van der Waals surface area contributed by atoms with E-state index in [1.54, 1.807) is 12.1 Å². The fourth-order valence-corrected chi connectivity index (χ4v) is 1.32. The molecular weight excluding hydrogens is 201 g/mol. The summed E-state index contributed by atoms with van der Waals surface area (Å²) in [6.07, 6.45) is 1.07. The second kappa shape index (κ2) is 5.20. The first kappa shape index (κ1) is 11.3. The third-order valence-electron chi connectivity index (χ3n) is 2.29. The number of nitrogens with one attached hydrogen (secondary N) is 1. The SMILES string of the molecule is CCC(C)CNc1c(F)cccc1Cl. The quantitative estimate of drug-likeness (QED) is 0.803. The Hall–Kier alpha value is -0.760. The molecule has 0 aliphatic carbocycles. The Bertz CT molecular complexity index is 281. The zero-order valence-corrected chi connectivity index (χ0v) is 9.24. The maximum atomic E-state index is 13.3. The Balaban J connectivity index is 2.66. The molecule has 0 fully saturated rings. The zero-order valence-electron chi connectivity index (χ0n) is 8.48. The van der Waals surface area contributed by atoms with E-state index in [0.717, 1.165) is 13.0 Å². The first-order valence-corrected chi connectivity index (χ1v) is 5.20. The van der Waals surface area contributed by atoms with Gasteiger partial charge in [-0.1, -0.05) is 37.9 Å². The molecule has 0 spiro atoms. The summed E-state index contributed by atoms with van der Waals surface area (Å²) >= 11 is 5.85. The van der Waals surface area contributed by atoms with Crippen molar-refractivity contribution in [2.24, 2.45) is 5.92 Å². The van der Waals surface area contributed by atoms with Crippen LogP contribution in [0.5, 0.6) is 0 Å². The van der Waals surface area contributed by atoms with E-state index < -0.39 is 0 Å². The smallest absolute Gasteiger partial charge is 0.147 e. The van der Waals surface area contributed by atoms with Gasteiger partial charge < -0.3 is 5.32 Å². The van der Waals surface area contributed by atoms with E-state index >= 15 is 0 Å². The molecule has 0 saturated heterocycles. The van der Waals surface area contributed by atoms with Gasteiger partial charge in [-0.05, 0) is 18.1 Å². The topological polar surface area (TPSA) is 12.0 Å². The van der Waals surface area contributed by atoms with Crippen LogP contribution in [0, 0.1) is 11.7 Å². The van der Waals surface area contributed by atoms with Crippen LogP contribution in [0.4, 0.5) is 10.1 Å². The zero-order chi connectivity index (χ0) is 10.6. The molecule has 0 aliphatic heterocycles. The highest BCUT2D eigenvalue weighted by Gasteiger charge is 2.06. The second-order valence-corrected chi connectivity index (χ2v) is 3.90. The Morgan fingerprint density at radius 2 is 2.21 bits per heavy atom. The molecule has 1 unspecified atom stereocenters. The average molecular weight is 216 g/mol. The van der Waals surface area contributed by atoms with Crippen LogP contribution in [-0.4, -0.2) is 6.54 Å². The molecule has 0 saturated carbocycles. The van der Waals surface area contributed by atoms with Gasteiger partial charge in [0.1, 0.15) is 5.82 Å². The first-order valence-electron chi connectivity index (χ1n) is 4.83. The van der Waals surface area contributed by atoms with Crippen molar-refractivity contribution in [1.82, 2.24) is 0 Å². The molecule has 0 radical (unpaired) electrons. The van der Waals surface area contributed by atoms with Crippen molar-refractivity contribution < 1.29 is 4.39 Å². The molecule has 0 bridgehead atoms. The van der Waals surface area contributed by atoms with E-state index in [4.69, 9.17) is 11.6 Å². The third kappa shape index (κ3) is 2.88. The first-order chi connectivity index (χ1) is 6.65. The highest BCUT2D eigenvalue weighted by atomic mass is 35.5. The minimum atomic E-state index is -0.291. The highest BCUT2D eigenvalue weighted by molar-refractivity contribution is 6.33. The maximum absolute atomic E-state index is 13.3. The van der Waals surface area contributed by atoms with Gasteiger partial charge in [-0.3, -0.25) is 0 Å². The molecule has 0 heterocycles. The highest BCUT2D eigenvalue weighted by Crippen LogP contribution is 2.24. The Morgan fingerprint density at radius 3 is 2.79 bits per heavy atom. The fourth-order valence-electron chi connectivity index (χ4n) is 1.09. The summed E-state index contributed by atoms with van der Waals surface area (Å²) in [5, 5.41) is 3.46. The minimum absolute atomic E-state index is 0.291. The van der Waals surface area contributed by atoms with Crippen LogP contribution in [0.1, 0.15) is 20.3 Å². The normalized spacial score (nSPS) is 12.6. The van der Waals surface area contributed by atoms with Gasteiger partial charge in [0.25, 0.3) is 0 Å².